The minimum atomic E-state index is -3.39. The van der Waals surface area contributed by atoms with Gasteiger partial charge in [-0.2, -0.15) is 0 Å². The van der Waals surface area contributed by atoms with Crippen LogP contribution in [0.25, 0.3) is 6.08 Å². The topological polar surface area (TPSA) is 66.4 Å². The second kappa shape index (κ2) is 7.31. The maximum Gasteiger partial charge on any atom is 0.233 e. The van der Waals surface area contributed by atoms with Crippen molar-refractivity contribution >= 4 is 16.1 Å². The molecule has 0 spiro atoms. The van der Waals surface area contributed by atoms with Crippen LogP contribution >= 0.6 is 0 Å². The van der Waals surface area contributed by atoms with Crippen LogP contribution in [-0.2, 0) is 10.0 Å². The van der Waals surface area contributed by atoms with E-state index < -0.39 is 16.1 Å². The van der Waals surface area contributed by atoms with Gasteiger partial charge in [0, 0.05) is 12.0 Å². The minimum Gasteiger partial charge on any atom is -0.393 e. The Morgan fingerprint density at radius 3 is 2.61 bits per heavy atom. The van der Waals surface area contributed by atoms with Gasteiger partial charge in [-0.25, -0.2) is 13.1 Å². The van der Waals surface area contributed by atoms with E-state index in [1.54, 1.807) is 13.0 Å². The summed E-state index contributed by atoms with van der Waals surface area (Å²) in [4.78, 5) is 0. The van der Waals surface area contributed by atoms with Gasteiger partial charge in [0.15, 0.2) is 0 Å². The quantitative estimate of drug-likeness (QED) is 0.741. The number of aliphatic hydroxyl groups is 1. The molecule has 0 aromatic heterocycles. The molecule has 0 aliphatic carbocycles. The standard InChI is InChI=1S/C13H19NO3S/c1-12(15)6-5-10-14-18(16,17)11-9-13-7-3-2-4-8-13/h2-4,7-9,11-12,14-15H,5-6,10H2,1H3/b11-9+. The third kappa shape index (κ3) is 6.54. The molecule has 2 N–H and O–H groups in total. The summed E-state index contributed by atoms with van der Waals surface area (Å²) in [6.45, 7) is 2.02. The van der Waals surface area contributed by atoms with Crippen molar-refractivity contribution in [3.8, 4) is 0 Å². The van der Waals surface area contributed by atoms with Gasteiger partial charge in [-0.15, -0.1) is 0 Å². The first-order chi connectivity index (χ1) is 8.49. The van der Waals surface area contributed by atoms with Crippen LogP contribution in [0.2, 0.25) is 0 Å². The molecule has 0 bridgehead atoms. The smallest absolute Gasteiger partial charge is 0.233 e. The molecule has 0 aliphatic rings. The fraction of sp³-hybridized carbons (Fsp3) is 0.385. The van der Waals surface area contributed by atoms with Crippen molar-refractivity contribution in [2.75, 3.05) is 6.54 Å². The lowest BCUT2D eigenvalue weighted by molar-refractivity contribution is 0.182. The van der Waals surface area contributed by atoms with E-state index in [-0.39, 0.29) is 0 Å². The zero-order chi connectivity index (χ0) is 13.4. The molecule has 0 saturated heterocycles. The van der Waals surface area contributed by atoms with Gasteiger partial charge >= 0.3 is 0 Å². The molecule has 0 fully saturated rings. The lowest BCUT2D eigenvalue weighted by Gasteiger charge is -2.04. The Bertz CT molecular complexity index is 466. The van der Waals surface area contributed by atoms with Crippen LogP contribution in [0.15, 0.2) is 35.7 Å². The van der Waals surface area contributed by atoms with E-state index in [0.717, 1.165) is 11.0 Å². The summed E-state index contributed by atoms with van der Waals surface area (Å²) in [6.07, 6.45) is 2.37. The Labute approximate surface area is 108 Å². The Morgan fingerprint density at radius 1 is 1.33 bits per heavy atom. The van der Waals surface area contributed by atoms with E-state index in [2.05, 4.69) is 4.72 Å². The van der Waals surface area contributed by atoms with Gasteiger partial charge < -0.3 is 5.11 Å². The molecule has 5 heteroatoms. The molecular formula is C13H19NO3S. The van der Waals surface area contributed by atoms with E-state index in [1.807, 2.05) is 30.3 Å². The summed E-state index contributed by atoms with van der Waals surface area (Å²) >= 11 is 0. The van der Waals surface area contributed by atoms with Gasteiger partial charge in [0.1, 0.15) is 0 Å². The normalized spacial score (nSPS) is 13.9. The number of rotatable bonds is 7. The Kier molecular flexibility index (Phi) is 6.04. The lowest BCUT2D eigenvalue weighted by atomic mass is 10.2. The molecule has 1 rings (SSSR count). The van der Waals surface area contributed by atoms with Crippen LogP contribution in [0.1, 0.15) is 25.3 Å². The van der Waals surface area contributed by atoms with E-state index >= 15 is 0 Å². The second-order valence-corrected chi connectivity index (χ2v) is 5.79. The maximum atomic E-state index is 11.6. The average Bonchev–Trinajstić information content (AvgIpc) is 2.34. The number of nitrogens with one attached hydrogen (secondary N) is 1. The Morgan fingerprint density at radius 2 is 2.00 bits per heavy atom. The van der Waals surface area contributed by atoms with Crippen LogP contribution in [0.3, 0.4) is 0 Å². The monoisotopic (exact) mass is 269 g/mol. The highest BCUT2D eigenvalue weighted by Crippen LogP contribution is 2.03. The predicted octanol–water partition coefficient (Wildman–Crippen LogP) is 1.74. The number of sulfonamides is 1. The third-order valence-electron chi connectivity index (χ3n) is 2.34. The predicted molar refractivity (Wildman–Crippen MR) is 73.3 cm³/mol. The fourth-order valence-corrected chi connectivity index (χ4v) is 2.25. The second-order valence-electron chi connectivity index (χ2n) is 4.14. The van der Waals surface area contributed by atoms with Crippen LogP contribution in [-0.4, -0.2) is 26.2 Å². The SMILES string of the molecule is CC(O)CCCNS(=O)(=O)/C=C/c1ccccc1. The number of benzene rings is 1. The van der Waals surface area contributed by atoms with Crippen molar-refractivity contribution in [3.63, 3.8) is 0 Å². The van der Waals surface area contributed by atoms with Crippen LogP contribution in [0, 0.1) is 0 Å². The fourth-order valence-electron chi connectivity index (χ4n) is 1.39. The van der Waals surface area contributed by atoms with Crippen molar-refractivity contribution in [1.82, 2.24) is 4.72 Å². The zero-order valence-electron chi connectivity index (χ0n) is 10.4. The van der Waals surface area contributed by atoms with E-state index in [9.17, 15) is 8.42 Å². The van der Waals surface area contributed by atoms with Crippen LogP contribution in [0.4, 0.5) is 0 Å². The van der Waals surface area contributed by atoms with Gasteiger partial charge in [0.2, 0.25) is 10.0 Å². The molecule has 0 heterocycles. The highest BCUT2D eigenvalue weighted by Gasteiger charge is 2.04. The summed E-state index contributed by atoms with van der Waals surface area (Å²) in [7, 11) is -3.39. The molecule has 100 valence electrons. The summed E-state index contributed by atoms with van der Waals surface area (Å²) in [6, 6.07) is 9.24. The van der Waals surface area contributed by atoms with E-state index in [1.165, 1.54) is 0 Å². The molecule has 1 aromatic carbocycles. The zero-order valence-corrected chi connectivity index (χ0v) is 11.2. The highest BCUT2D eigenvalue weighted by molar-refractivity contribution is 7.92. The lowest BCUT2D eigenvalue weighted by Crippen LogP contribution is -2.23. The first kappa shape index (κ1) is 14.9. The van der Waals surface area contributed by atoms with Crippen LogP contribution < -0.4 is 4.72 Å². The largest absolute Gasteiger partial charge is 0.393 e. The van der Waals surface area contributed by atoms with Gasteiger partial charge in [-0.1, -0.05) is 30.3 Å². The van der Waals surface area contributed by atoms with Crippen molar-refractivity contribution in [2.24, 2.45) is 0 Å². The number of hydrogen-bond donors (Lipinski definition) is 2. The summed E-state index contributed by atoms with van der Waals surface area (Å²) in [5, 5.41) is 10.2. The van der Waals surface area contributed by atoms with Gasteiger partial charge in [0.25, 0.3) is 0 Å². The van der Waals surface area contributed by atoms with E-state index in [4.69, 9.17) is 5.11 Å². The molecule has 0 radical (unpaired) electrons. The average molecular weight is 269 g/mol. The van der Waals surface area contributed by atoms with Crippen molar-refractivity contribution in [1.29, 1.82) is 0 Å². The first-order valence-electron chi connectivity index (χ1n) is 5.90. The summed E-state index contributed by atoms with van der Waals surface area (Å²) in [5.74, 6) is 0. The molecule has 18 heavy (non-hydrogen) atoms. The van der Waals surface area contributed by atoms with E-state index in [0.29, 0.717) is 19.4 Å². The number of aliphatic hydroxyl groups excluding tert-OH is 1. The summed E-state index contributed by atoms with van der Waals surface area (Å²) < 4.78 is 25.6. The summed E-state index contributed by atoms with van der Waals surface area (Å²) in [5.41, 5.74) is 0.840. The van der Waals surface area contributed by atoms with Crippen molar-refractivity contribution < 1.29 is 13.5 Å². The first-order valence-corrected chi connectivity index (χ1v) is 7.45. The van der Waals surface area contributed by atoms with Crippen molar-refractivity contribution in [3.05, 3.63) is 41.3 Å². The third-order valence-corrected chi connectivity index (χ3v) is 3.44. The number of hydrogen-bond acceptors (Lipinski definition) is 3. The van der Waals surface area contributed by atoms with Gasteiger partial charge in [0.05, 0.1) is 6.10 Å². The molecule has 1 atom stereocenters. The maximum absolute atomic E-state index is 11.6. The van der Waals surface area contributed by atoms with Gasteiger partial charge in [-0.05, 0) is 31.4 Å². The molecule has 0 saturated carbocycles. The molecule has 0 aliphatic heterocycles. The molecule has 1 unspecified atom stereocenters. The Balaban J connectivity index is 2.43. The molecule has 4 nitrogen and oxygen atoms in total. The Hall–Kier alpha value is -1.17. The highest BCUT2D eigenvalue weighted by atomic mass is 32.2. The van der Waals surface area contributed by atoms with Crippen molar-refractivity contribution in [2.45, 2.75) is 25.9 Å². The molecule has 0 amide bonds. The molecular weight excluding hydrogens is 250 g/mol. The molecule has 1 aromatic rings. The van der Waals surface area contributed by atoms with Crippen LogP contribution in [0.5, 0.6) is 0 Å². The minimum absolute atomic E-state index is 0.340. The van der Waals surface area contributed by atoms with Gasteiger partial charge in [-0.3, -0.25) is 0 Å².